The Morgan fingerprint density at radius 2 is 1.89 bits per heavy atom. The molecule has 0 saturated heterocycles. The molecule has 3 aromatic rings. The van der Waals surface area contributed by atoms with Crippen molar-refractivity contribution in [2.75, 3.05) is 5.32 Å². The molecule has 1 amide bonds. The van der Waals surface area contributed by atoms with Crippen molar-refractivity contribution in [2.45, 2.75) is 27.3 Å². The maximum absolute atomic E-state index is 12.4. The lowest BCUT2D eigenvalue weighted by atomic mass is 10.1. The third-order valence-electron chi connectivity index (χ3n) is 4.30. The normalized spacial score (nSPS) is 10.6. The molecule has 1 heterocycles. The van der Waals surface area contributed by atoms with Gasteiger partial charge in [-0.2, -0.15) is 4.80 Å². The van der Waals surface area contributed by atoms with Gasteiger partial charge in [0.25, 0.3) is 5.69 Å². The fraction of sp³-hybridized carbons (Fsp3) is 0.222. The monoisotopic (exact) mass is 366 g/mol. The summed E-state index contributed by atoms with van der Waals surface area (Å²) in [4.78, 5) is 24.2. The Balaban J connectivity index is 1.79. The number of aromatic nitrogens is 4. The Labute approximate surface area is 155 Å². The van der Waals surface area contributed by atoms with Crippen LogP contribution in [0.2, 0.25) is 0 Å². The number of aryl methyl sites for hydroxylation is 2. The zero-order valence-electron chi connectivity index (χ0n) is 15.1. The molecule has 27 heavy (non-hydrogen) atoms. The zero-order chi connectivity index (χ0) is 19.6. The molecule has 0 radical (unpaired) electrons. The number of anilines is 1. The summed E-state index contributed by atoms with van der Waals surface area (Å²) >= 11 is 0. The van der Waals surface area contributed by atoms with Gasteiger partial charge in [-0.25, -0.2) is 0 Å². The maximum Gasteiger partial charge on any atom is 0.293 e. The predicted molar refractivity (Wildman–Crippen MR) is 99.2 cm³/mol. The molecule has 9 heteroatoms. The lowest BCUT2D eigenvalue weighted by Crippen LogP contribution is -2.21. The van der Waals surface area contributed by atoms with Gasteiger partial charge in [0.1, 0.15) is 12.2 Å². The minimum Gasteiger partial charge on any atom is -0.318 e. The summed E-state index contributed by atoms with van der Waals surface area (Å²) < 4.78 is 0. The maximum atomic E-state index is 12.4. The standard InChI is InChI=1S/C18H18N6O3/c1-11-8-9-15(24(26)27)17(13(11)3)19-16(25)10-23-21-18(20-22-23)14-7-5-4-6-12(14)2/h4-9H,10H2,1-3H3,(H,19,25). The Morgan fingerprint density at radius 1 is 1.15 bits per heavy atom. The predicted octanol–water partition coefficient (Wildman–Crippen LogP) is 2.81. The highest BCUT2D eigenvalue weighted by atomic mass is 16.6. The van der Waals surface area contributed by atoms with Gasteiger partial charge < -0.3 is 5.32 Å². The Kier molecular flexibility index (Phi) is 4.93. The van der Waals surface area contributed by atoms with Crippen LogP contribution in [0.25, 0.3) is 11.4 Å². The lowest BCUT2D eigenvalue weighted by molar-refractivity contribution is -0.384. The van der Waals surface area contributed by atoms with Crippen molar-refractivity contribution in [1.82, 2.24) is 20.2 Å². The largest absolute Gasteiger partial charge is 0.318 e. The molecule has 1 N–H and O–H groups in total. The first kappa shape index (κ1) is 18.2. The van der Waals surface area contributed by atoms with E-state index in [9.17, 15) is 14.9 Å². The number of carbonyl (C=O) groups excluding carboxylic acids is 1. The van der Waals surface area contributed by atoms with Crippen LogP contribution in [0, 0.1) is 30.9 Å². The molecule has 138 valence electrons. The van der Waals surface area contributed by atoms with E-state index in [4.69, 9.17) is 0 Å². The fourth-order valence-corrected chi connectivity index (χ4v) is 2.66. The van der Waals surface area contributed by atoms with E-state index in [-0.39, 0.29) is 17.9 Å². The molecule has 1 aromatic heterocycles. The van der Waals surface area contributed by atoms with E-state index in [2.05, 4.69) is 20.7 Å². The summed E-state index contributed by atoms with van der Waals surface area (Å²) in [5.41, 5.74) is 3.34. The fourth-order valence-electron chi connectivity index (χ4n) is 2.66. The van der Waals surface area contributed by atoms with Crippen molar-refractivity contribution in [1.29, 1.82) is 0 Å². The van der Waals surface area contributed by atoms with E-state index in [0.29, 0.717) is 11.4 Å². The third-order valence-corrected chi connectivity index (χ3v) is 4.30. The average molecular weight is 366 g/mol. The van der Waals surface area contributed by atoms with Crippen LogP contribution in [0.1, 0.15) is 16.7 Å². The molecule has 3 rings (SSSR count). The van der Waals surface area contributed by atoms with Gasteiger partial charge in [0.15, 0.2) is 0 Å². The number of nitrogens with zero attached hydrogens (tertiary/aromatic N) is 5. The quantitative estimate of drug-likeness (QED) is 0.548. The highest BCUT2D eigenvalue weighted by Gasteiger charge is 2.20. The molecule has 0 bridgehead atoms. The summed E-state index contributed by atoms with van der Waals surface area (Å²) in [6, 6.07) is 10.6. The van der Waals surface area contributed by atoms with Gasteiger partial charge in [0, 0.05) is 11.6 Å². The van der Waals surface area contributed by atoms with Crippen molar-refractivity contribution in [2.24, 2.45) is 0 Å². The van der Waals surface area contributed by atoms with Crippen LogP contribution in [0.5, 0.6) is 0 Å². The number of nitrogens with one attached hydrogen (secondary N) is 1. The lowest BCUT2D eigenvalue weighted by Gasteiger charge is -2.10. The van der Waals surface area contributed by atoms with Crippen LogP contribution in [-0.2, 0) is 11.3 Å². The second-order valence-electron chi connectivity index (χ2n) is 6.17. The minimum atomic E-state index is -0.522. The summed E-state index contributed by atoms with van der Waals surface area (Å²) in [6.07, 6.45) is 0. The van der Waals surface area contributed by atoms with Crippen molar-refractivity contribution in [3.05, 3.63) is 63.2 Å². The Morgan fingerprint density at radius 3 is 2.59 bits per heavy atom. The number of rotatable bonds is 5. The highest BCUT2D eigenvalue weighted by molar-refractivity contribution is 5.94. The van der Waals surface area contributed by atoms with E-state index in [1.807, 2.05) is 38.1 Å². The number of benzene rings is 2. The summed E-state index contributed by atoms with van der Waals surface area (Å²) in [5, 5.41) is 25.9. The SMILES string of the molecule is Cc1ccccc1-c1nnn(CC(=O)Nc2c([N+](=O)[O-])ccc(C)c2C)n1. The van der Waals surface area contributed by atoms with Gasteiger partial charge in [0.05, 0.1) is 4.92 Å². The van der Waals surface area contributed by atoms with Crippen molar-refractivity contribution < 1.29 is 9.72 Å². The van der Waals surface area contributed by atoms with Gasteiger partial charge in [-0.1, -0.05) is 30.3 Å². The molecule has 0 unspecified atom stereocenters. The summed E-state index contributed by atoms with van der Waals surface area (Å²) in [6.45, 7) is 5.27. The van der Waals surface area contributed by atoms with Crippen LogP contribution in [0.15, 0.2) is 36.4 Å². The Bertz CT molecular complexity index is 1030. The number of nitro groups is 1. The highest BCUT2D eigenvalue weighted by Crippen LogP contribution is 2.30. The van der Waals surface area contributed by atoms with E-state index in [0.717, 1.165) is 21.5 Å². The molecule has 0 spiro atoms. The number of carbonyl (C=O) groups is 1. The molecule has 0 aliphatic heterocycles. The van der Waals surface area contributed by atoms with E-state index >= 15 is 0 Å². The van der Waals surface area contributed by atoms with Crippen LogP contribution in [-0.4, -0.2) is 31.0 Å². The molecular formula is C18H18N6O3. The number of hydrogen-bond acceptors (Lipinski definition) is 6. The molecular weight excluding hydrogens is 348 g/mol. The van der Waals surface area contributed by atoms with Gasteiger partial charge in [-0.3, -0.25) is 14.9 Å². The van der Waals surface area contributed by atoms with Crippen LogP contribution in [0.4, 0.5) is 11.4 Å². The van der Waals surface area contributed by atoms with Gasteiger partial charge in [0.2, 0.25) is 11.7 Å². The van der Waals surface area contributed by atoms with E-state index in [1.54, 1.807) is 13.0 Å². The van der Waals surface area contributed by atoms with Crippen molar-refractivity contribution in [3.8, 4) is 11.4 Å². The third kappa shape index (κ3) is 3.81. The van der Waals surface area contributed by atoms with Gasteiger partial charge in [-0.15, -0.1) is 10.2 Å². The smallest absolute Gasteiger partial charge is 0.293 e. The molecule has 0 saturated carbocycles. The van der Waals surface area contributed by atoms with Crippen LogP contribution < -0.4 is 5.32 Å². The van der Waals surface area contributed by atoms with Crippen LogP contribution in [0.3, 0.4) is 0 Å². The summed E-state index contributed by atoms with van der Waals surface area (Å²) in [7, 11) is 0. The Hall–Kier alpha value is -3.62. The first-order chi connectivity index (χ1) is 12.9. The molecule has 0 aliphatic carbocycles. The second-order valence-corrected chi connectivity index (χ2v) is 6.17. The molecule has 2 aromatic carbocycles. The topological polar surface area (TPSA) is 116 Å². The van der Waals surface area contributed by atoms with E-state index < -0.39 is 10.8 Å². The number of nitro benzene ring substituents is 1. The van der Waals surface area contributed by atoms with Crippen LogP contribution >= 0.6 is 0 Å². The number of amides is 1. The number of hydrogen-bond donors (Lipinski definition) is 1. The molecule has 0 aliphatic rings. The van der Waals surface area contributed by atoms with Crippen molar-refractivity contribution in [3.63, 3.8) is 0 Å². The minimum absolute atomic E-state index is 0.154. The first-order valence-corrected chi connectivity index (χ1v) is 8.25. The molecule has 9 nitrogen and oxygen atoms in total. The van der Waals surface area contributed by atoms with Gasteiger partial charge >= 0.3 is 0 Å². The molecule has 0 fully saturated rings. The first-order valence-electron chi connectivity index (χ1n) is 8.25. The van der Waals surface area contributed by atoms with Crippen molar-refractivity contribution >= 4 is 17.3 Å². The number of tetrazole rings is 1. The van der Waals surface area contributed by atoms with E-state index in [1.165, 1.54) is 6.07 Å². The average Bonchev–Trinajstić information content (AvgIpc) is 3.07. The van der Waals surface area contributed by atoms with Gasteiger partial charge in [-0.05, 0) is 42.7 Å². The summed E-state index contributed by atoms with van der Waals surface area (Å²) in [5.74, 6) is -0.0563. The zero-order valence-corrected chi connectivity index (χ0v) is 15.1. The molecule has 0 atom stereocenters. The second kappa shape index (κ2) is 7.32.